The number of oxazole rings is 1. The van der Waals surface area contributed by atoms with Crippen molar-refractivity contribution in [3.8, 4) is 0 Å². The molecule has 0 spiro atoms. The van der Waals surface area contributed by atoms with Crippen LogP contribution in [0.1, 0.15) is 5.89 Å². The van der Waals surface area contributed by atoms with Gasteiger partial charge in [-0.1, -0.05) is 0 Å². The van der Waals surface area contributed by atoms with Crippen molar-refractivity contribution in [3.63, 3.8) is 0 Å². The van der Waals surface area contributed by atoms with Crippen LogP contribution in [0.15, 0.2) is 22.6 Å². The van der Waals surface area contributed by atoms with E-state index in [2.05, 4.69) is 4.98 Å². The van der Waals surface area contributed by atoms with Crippen LogP contribution < -0.4 is 10.6 Å². The molecule has 4 heteroatoms. The number of hydrogen-bond acceptors (Lipinski definition) is 4. The molecule has 1 aromatic heterocycles. The van der Waals surface area contributed by atoms with Crippen LogP contribution in [0.3, 0.4) is 0 Å². The molecule has 1 aromatic carbocycles. The van der Waals surface area contributed by atoms with E-state index in [-0.39, 0.29) is 0 Å². The summed E-state index contributed by atoms with van der Waals surface area (Å²) in [7, 11) is 1.94. The highest BCUT2D eigenvalue weighted by atomic mass is 16.3. The van der Waals surface area contributed by atoms with Crippen molar-refractivity contribution in [1.29, 1.82) is 0 Å². The van der Waals surface area contributed by atoms with Crippen molar-refractivity contribution in [2.45, 2.75) is 6.92 Å². The first-order chi connectivity index (χ1) is 6.70. The lowest BCUT2D eigenvalue weighted by Gasteiger charge is -2.15. The molecule has 0 atom stereocenters. The molecule has 0 fully saturated rings. The molecule has 2 aromatic rings. The zero-order valence-corrected chi connectivity index (χ0v) is 8.32. The smallest absolute Gasteiger partial charge is 0.192 e. The van der Waals surface area contributed by atoms with E-state index < -0.39 is 0 Å². The van der Waals surface area contributed by atoms with Crippen LogP contribution in [-0.4, -0.2) is 18.7 Å². The van der Waals surface area contributed by atoms with Gasteiger partial charge >= 0.3 is 0 Å². The van der Waals surface area contributed by atoms with Crippen LogP contribution in [0.5, 0.6) is 0 Å². The average Bonchev–Trinajstić information content (AvgIpc) is 2.55. The summed E-state index contributed by atoms with van der Waals surface area (Å²) in [5.41, 5.74) is 8.28. The maximum Gasteiger partial charge on any atom is 0.192 e. The third-order valence-corrected chi connectivity index (χ3v) is 2.19. The van der Waals surface area contributed by atoms with Crippen LogP contribution in [0.4, 0.5) is 5.69 Å². The van der Waals surface area contributed by atoms with E-state index in [1.165, 1.54) is 0 Å². The lowest BCUT2D eigenvalue weighted by Crippen LogP contribution is -2.24. The van der Waals surface area contributed by atoms with Gasteiger partial charge in [0.25, 0.3) is 0 Å². The van der Waals surface area contributed by atoms with Crippen molar-refractivity contribution in [2.75, 3.05) is 18.6 Å². The molecule has 0 saturated carbocycles. The molecule has 2 rings (SSSR count). The molecule has 0 unspecified atom stereocenters. The molecule has 1 heterocycles. The van der Waals surface area contributed by atoms with E-state index in [0.29, 0.717) is 12.6 Å². The van der Waals surface area contributed by atoms with E-state index in [4.69, 9.17) is 10.2 Å². The highest BCUT2D eigenvalue weighted by molar-refractivity contribution is 5.77. The molecule has 74 valence electrons. The van der Waals surface area contributed by atoms with Crippen LogP contribution in [-0.2, 0) is 0 Å². The van der Waals surface area contributed by atoms with Gasteiger partial charge in [-0.2, -0.15) is 0 Å². The number of aryl methyl sites for hydroxylation is 1. The number of aromatic nitrogens is 1. The van der Waals surface area contributed by atoms with Crippen molar-refractivity contribution in [3.05, 3.63) is 24.1 Å². The van der Waals surface area contributed by atoms with Gasteiger partial charge in [-0.3, -0.25) is 0 Å². The van der Waals surface area contributed by atoms with Crippen molar-refractivity contribution in [1.82, 2.24) is 4.98 Å². The standard InChI is InChI=1S/C10H13N3O/c1-7-12-9-5-8(13(2)6-11)3-4-10(9)14-7/h3-5H,6,11H2,1-2H3. The first-order valence-electron chi connectivity index (χ1n) is 4.49. The second-order valence-electron chi connectivity index (χ2n) is 3.27. The molecule has 0 aliphatic carbocycles. The minimum Gasteiger partial charge on any atom is -0.441 e. The number of benzene rings is 1. The Morgan fingerprint density at radius 1 is 1.50 bits per heavy atom. The molecular formula is C10H13N3O. The second-order valence-corrected chi connectivity index (χ2v) is 3.27. The normalized spacial score (nSPS) is 10.8. The zero-order chi connectivity index (χ0) is 10.1. The van der Waals surface area contributed by atoms with E-state index in [9.17, 15) is 0 Å². The maximum absolute atomic E-state index is 5.54. The number of nitrogens with zero attached hydrogens (tertiary/aromatic N) is 2. The van der Waals surface area contributed by atoms with Gasteiger partial charge in [0.05, 0.1) is 6.67 Å². The minimum absolute atomic E-state index is 0.488. The Morgan fingerprint density at radius 3 is 3.00 bits per heavy atom. The summed E-state index contributed by atoms with van der Waals surface area (Å²) in [4.78, 5) is 6.20. The van der Waals surface area contributed by atoms with Crippen LogP contribution in [0.2, 0.25) is 0 Å². The Balaban J connectivity index is 2.50. The van der Waals surface area contributed by atoms with Crippen molar-refractivity contribution in [2.24, 2.45) is 5.73 Å². The molecule has 4 nitrogen and oxygen atoms in total. The zero-order valence-electron chi connectivity index (χ0n) is 8.32. The van der Waals surface area contributed by atoms with Crippen LogP contribution in [0.25, 0.3) is 11.1 Å². The number of rotatable bonds is 2. The Morgan fingerprint density at radius 2 is 2.29 bits per heavy atom. The third-order valence-electron chi connectivity index (χ3n) is 2.19. The number of fused-ring (bicyclic) bond motifs is 1. The molecular weight excluding hydrogens is 178 g/mol. The Labute approximate surface area is 82.3 Å². The number of anilines is 1. The summed E-state index contributed by atoms with van der Waals surface area (Å²) >= 11 is 0. The van der Waals surface area contributed by atoms with Crippen LogP contribution in [0, 0.1) is 6.92 Å². The van der Waals surface area contributed by atoms with Crippen molar-refractivity contribution < 1.29 is 4.42 Å². The average molecular weight is 191 g/mol. The third kappa shape index (κ3) is 1.44. The van der Waals surface area contributed by atoms with Gasteiger partial charge in [0.1, 0.15) is 5.52 Å². The predicted molar refractivity (Wildman–Crippen MR) is 56.2 cm³/mol. The van der Waals surface area contributed by atoms with Crippen LogP contribution >= 0.6 is 0 Å². The Kier molecular flexibility index (Phi) is 2.13. The van der Waals surface area contributed by atoms with Gasteiger partial charge in [0.2, 0.25) is 0 Å². The van der Waals surface area contributed by atoms with Gasteiger partial charge in [0.15, 0.2) is 11.5 Å². The molecule has 0 bridgehead atoms. The Hall–Kier alpha value is -1.55. The van der Waals surface area contributed by atoms with E-state index in [1.807, 2.05) is 37.1 Å². The van der Waals surface area contributed by atoms with Gasteiger partial charge < -0.3 is 15.1 Å². The first kappa shape index (κ1) is 9.02. The van der Waals surface area contributed by atoms with Gasteiger partial charge in [-0.05, 0) is 18.2 Å². The van der Waals surface area contributed by atoms with E-state index >= 15 is 0 Å². The molecule has 0 aliphatic heterocycles. The monoisotopic (exact) mass is 191 g/mol. The summed E-state index contributed by atoms with van der Waals surface area (Å²) in [6.45, 7) is 2.33. The summed E-state index contributed by atoms with van der Waals surface area (Å²) in [5.74, 6) is 0.688. The largest absolute Gasteiger partial charge is 0.441 e. The van der Waals surface area contributed by atoms with Gasteiger partial charge in [-0.25, -0.2) is 4.98 Å². The lowest BCUT2D eigenvalue weighted by molar-refractivity contribution is 0.561. The van der Waals surface area contributed by atoms with E-state index in [1.54, 1.807) is 0 Å². The first-order valence-corrected chi connectivity index (χ1v) is 4.49. The minimum atomic E-state index is 0.488. The highest BCUT2D eigenvalue weighted by Gasteiger charge is 2.04. The molecule has 2 N–H and O–H groups in total. The predicted octanol–water partition coefficient (Wildman–Crippen LogP) is 1.49. The summed E-state index contributed by atoms with van der Waals surface area (Å²) < 4.78 is 5.38. The molecule has 14 heavy (non-hydrogen) atoms. The SMILES string of the molecule is Cc1nc2cc(N(C)CN)ccc2o1. The second kappa shape index (κ2) is 3.31. The fourth-order valence-corrected chi connectivity index (χ4v) is 1.37. The number of hydrogen-bond donors (Lipinski definition) is 1. The quantitative estimate of drug-likeness (QED) is 0.731. The molecule has 0 amide bonds. The molecule has 0 radical (unpaired) electrons. The fourth-order valence-electron chi connectivity index (χ4n) is 1.37. The van der Waals surface area contributed by atoms with Gasteiger partial charge in [0, 0.05) is 19.7 Å². The molecule has 0 saturated heterocycles. The fraction of sp³-hybridized carbons (Fsp3) is 0.300. The van der Waals surface area contributed by atoms with E-state index in [0.717, 1.165) is 16.8 Å². The summed E-state index contributed by atoms with van der Waals surface area (Å²) in [6, 6.07) is 5.86. The summed E-state index contributed by atoms with van der Waals surface area (Å²) in [6.07, 6.45) is 0. The lowest BCUT2D eigenvalue weighted by atomic mass is 10.3. The topological polar surface area (TPSA) is 55.3 Å². The maximum atomic E-state index is 5.54. The molecule has 0 aliphatic rings. The summed E-state index contributed by atoms with van der Waals surface area (Å²) in [5, 5.41) is 0. The van der Waals surface area contributed by atoms with Gasteiger partial charge in [-0.15, -0.1) is 0 Å². The Bertz CT molecular complexity index is 450. The highest BCUT2D eigenvalue weighted by Crippen LogP contribution is 2.21. The number of nitrogens with two attached hydrogens (primary N) is 1. The van der Waals surface area contributed by atoms with Crippen molar-refractivity contribution >= 4 is 16.8 Å².